The zero-order valence-electron chi connectivity index (χ0n) is 17.1. The van der Waals surface area contributed by atoms with Crippen molar-refractivity contribution in [3.8, 4) is 5.75 Å². The third-order valence-corrected chi connectivity index (χ3v) is 6.06. The van der Waals surface area contributed by atoms with E-state index in [1.165, 1.54) is 5.56 Å². The van der Waals surface area contributed by atoms with E-state index in [1.807, 2.05) is 56.3 Å². The van der Waals surface area contributed by atoms with Crippen LogP contribution in [0.3, 0.4) is 0 Å². The number of anilines is 1. The molecule has 0 radical (unpaired) electrons. The number of benzene rings is 2. The summed E-state index contributed by atoms with van der Waals surface area (Å²) in [4.78, 5) is 13.5. The monoisotopic (exact) mass is 400 g/mol. The average Bonchev–Trinajstić information content (AvgIpc) is 3.14. The van der Waals surface area contributed by atoms with E-state index in [4.69, 9.17) is 9.26 Å². The molecule has 30 heavy (non-hydrogen) atoms. The number of hydrogen-bond donors (Lipinski definition) is 1. The SMILES string of the molecule is CCOc1ccccc1[C@@H]1C2=C(C[C@@H](c3ccccc3)CC2=O)Nc2onc(C)c21. The van der Waals surface area contributed by atoms with Gasteiger partial charge >= 0.3 is 0 Å². The number of ketones is 1. The Balaban J connectivity index is 1.65. The number of allylic oxidation sites excluding steroid dienone is 2. The second kappa shape index (κ2) is 7.48. The standard InChI is InChI=1S/C25H24N2O3/c1-3-29-21-12-8-7-11-18(21)23-22-15(2)27-30-25(22)26-19-13-17(14-20(28)24(19)23)16-9-5-4-6-10-16/h4-12,17,23,26H,3,13-14H2,1-2H3/t17-,23+/m1/s1. The largest absolute Gasteiger partial charge is 0.494 e. The summed E-state index contributed by atoms with van der Waals surface area (Å²) in [6.45, 7) is 4.45. The van der Waals surface area contributed by atoms with E-state index in [0.717, 1.165) is 40.3 Å². The van der Waals surface area contributed by atoms with Gasteiger partial charge in [-0.2, -0.15) is 0 Å². The molecular weight excluding hydrogens is 376 g/mol. The highest BCUT2D eigenvalue weighted by atomic mass is 16.5. The Kier molecular flexibility index (Phi) is 4.66. The quantitative estimate of drug-likeness (QED) is 0.640. The van der Waals surface area contributed by atoms with Crippen molar-refractivity contribution in [3.63, 3.8) is 0 Å². The number of ether oxygens (including phenoxy) is 1. The highest BCUT2D eigenvalue weighted by Gasteiger charge is 2.42. The van der Waals surface area contributed by atoms with E-state index in [0.29, 0.717) is 18.9 Å². The van der Waals surface area contributed by atoms with Crippen molar-refractivity contribution in [2.24, 2.45) is 0 Å². The van der Waals surface area contributed by atoms with E-state index in [-0.39, 0.29) is 17.6 Å². The van der Waals surface area contributed by atoms with Crippen LogP contribution in [0, 0.1) is 6.92 Å². The van der Waals surface area contributed by atoms with Gasteiger partial charge in [0.2, 0.25) is 5.88 Å². The molecule has 1 N–H and O–H groups in total. The maximum absolute atomic E-state index is 13.5. The molecule has 0 spiro atoms. The zero-order valence-corrected chi connectivity index (χ0v) is 17.1. The first-order valence-corrected chi connectivity index (χ1v) is 10.4. The van der Waals surface area contributed by atoms with Gasteiger partial charge in [0.15, 0.2) is 5.78 Å². The molecule has 2 atom stereocenters. The fourth-order valence-corrected chi connectivity index (χ4v) is 4.75. The van der Waals surface area contributed by atoms with Gasteiger partial charge in [-0.3, -0.25) is 4.79 Å². The number of para-hydroxylation sites is 1. The van der Waals surface area contributed by atoms with Gasteiger partial charge in [-0.05, 0) is 37.8 Å². The molecule has 3 aromatic rings. The summed E-state index contributed by atoms with van der Waals surface area (Å²) < 4.78 is 11.5. The molecule has 2 aromatic carbocycles. The van der Waals surface area contributed by atoms with Gasteiger partial charge in [0, 0.05) is 23.3 Å². The number of hydrogen-bond acceptors (Lipinski definition) is 5. The van der Waals surface area contributed by atoms with Crippen molar-refractivity contribution in [3.05, 3.63) is 88.3 Å². The van der Waals surface area contributed by atoms with E-state index in [2.05, 4.69) is 22.6 Å². The van der Waals surface area contributed by atoms with Crippen LogP contribution >= 0.6 is 0 Å². The summed E-state index contributed by atoms with van der Waals surface area (Å²) in [6, 6.07) is 18.2. The van der Waals surface area contributed by atoms with E-state index in [1.54, 1.807) is 0 Å². The van der Waals surface area contributed by atoms with Gasteiger partial charge in [0.1, 0.15) is 5.75 Å². The first-order chi connectivity index (χ1) is 14.7. The zero-order chi connectivity index (χ0) is 20.7. The Morgan fingerprint density at radius 2 is 1.87 bits per heavy atom. The van der Waals surface area contributed by atoms with Crippen LogP contribution < -0.4 is 10.1 Å². The first kappa shape index (κ1) is 18.7. The molecule has 5 heteroatoms. The molecule has 5 rings (SSSR count). The molecule has 0 unspecified atom stereocenters. The van der Waals surface area contributed by atoms with Crippen LogP contribution in [0.1, 0.15) is 54.0 Å². The van der Waals surface area contributed by atoms with Crippen LogP contribution in [0.4, 0.5) is 5.88 Å². The van der Waals surface area contributed by atoms with Crippen LogP contribution in [-0.2, 0) is 4.79 Å². The summed E-state index contributed by atoms with van der Waals surface area (Å²) in [5.41, 5.74) is 5.62. The molecule has 0 bridgehead atoms. The maximum Gasteiger partial charge on any atom is 0.233 e. The lowest BCUT2D eigenvalue weighted by molar-refractivity contribution is -0.116. The topological polar surface area (TPSA) is 64.4 Å². The minimum absolute atomic E-state index is 0.151. The molecule has 1 aliphatic heterocycles. The van der Waals surface area contributed by atoms with Crippen molar-refractivity contribution in [2.75, 3.05) is 11.9 Å². The molecule has 0 saturated carbocycles. The summed E-state index contributed by atoms with van der Waals surface area (Å²) in [7, 11) is 0. The van der Waals surface area contributed by atoms with Crippen molar-refractivity contribution < 1.29 is 14.1 Å². The summed E-state index contributed by atoms with van der Waals surface area (Å²) in [6.07, 6.45) is 1.26. The fourth-order valence-electron chi connectivity index (χ4n) is 4.75. The maximum atomic E-state index is 13.5. The summed E-state index contributed by atoms with van der Waals surface area (Å²) in [5.74, 6) is 1.50. The van der Waals surface area contributed by atoms with Crippen LogP contribution in [0.2, 0.25) is 0 Å². The van der Waals surface area contributed by atoms with Gasteiger partial charge in [0.25, 0.3) is 0 Å². The van der Waals surface area contributed by atoms with Gasteiger partial charge in [0.05, 0.1) is 23.8 Å². The molecule has 0 saturated heterocycles. The van der Waals surface area contributed by atoms with Gasteiger partial charge in [-0.1, -0.05) is 53.7 Å². The first-order valence-electron chi connectivity index (χ1n) is 10.4. The Bertz CT molecular complexity index is 1130. The molecule has 152 valence electrons. The van der Waals surface area contributed by atoms with E-state index in [9.17, 15) is 4.79 Å². The van der Waals surface area contributed by atoms with Crippen molar-refractivity contribution in [2.45, 2.75) is 38.5 Å². The molecule has 1 aliphatic carbocycles. The number of fused-ring (bicyclic) bond motifs is 1. The molecule has 2 aliphatic rings. The van der Waals surface area contributed by atoms with Crippen molar-refractivity contribution >= 4 is 11.7 Å². The highest BCUT2D eigenvalue weighted by Crippen LogP contribution is 2.50. The Hall–Kier alpha value is -3.34. The van der Waals surface area contributed by atoms with Crippen LogP contribution in [0.25, 0.3) is 0 Å². The predicted octanol–water partition coefficient (Wildman–Crippen LogP) is 5.34. The van der Waals surface area contributed by atoms with Crippen LogP contribution in [0.15, 0.2) is 70.4 Å². The van der Waals surface area contributed by atoms with Crippen LogP contribution in [0.5, 0.6) is 5.75 Å². The Morgan fingerprint density at radius 3 is 2.67 bits per heavy atom. The van der Waals surface area contributed by atoms with E-state index >= 15 is 0 Å². The Labute approximate surface area is 175 Å². The normalized spacial score (nSPS) is 20.4. The lowest BCUT2D eigenvalue weighted by Gasteiger charge is -2.35. The minimum Gasteiger partial charge on any atom is -0.494 e. The lowest BCUT2D eigenvalue weighted by Crippen LogP contribution is -2.29. The lowest BCUT2D eigenvalue weighted by atomic mass is 9.72. The summed E-state index contributed by atoms with van der Waals surface area (Å²) >= 11 is 0. The Morgan fingerprint density at radius 1 is 1.10 bits per heavy atom. The number of rotatable bonds is 4. The molecular formula is C25H24N2O3. The van der Waals surface area contributed by atoms with Crippen LogP contribution in [-0.4, -0.2) is 17.5 Å². The number of carbonyl (C=O) groups is 1. The summed E-state index contributed by atoms with van der Waals surface area (Å²) in [5, 5.41) is 7.58. The second-order valence-electron chi connectivity index (χ2n) is 7.87. The number of Topliss-reactive ketones (excluding diaryl/α,β-unsaturated/α-hetero) is 1. The number of aromatic nitrogens is 1. The molecule has 5 nitrogen and oxygen atoms in total. The minimum atomic E-state index is -0.241. The third kappa shape index (κ3) is 3.02. The van der Waals surface area contributed by atoms with Crippen molar-refractivity contribution in [1.82, 2.24) is 5.16 Å². The predicted molar refractivity (Wildman–Crippen MR) is 115 cm³/mol. The molecule has 2 heterocycles. The molecule has 1 aromatic heterocycles. The third-order valence-electron chi connectivity index (χ3n) is 6.06. The number of carbonyl (C=O) groups excluding carboxylic acids is 1. The van der Waals surface area contributed by atoms with Gasteiger partial charge in [-0.15, -0.1) is 0 Å². The second-order valence-corrected chi connectivity index (χ2v) is 7.87. The van der Waals surface area contributed by atoms with Gasteiger partial charge < -0.3 is 14.6 Å². The fraction of sp³-hybridized carbons (Fsp3) is 0.280. The average molecular weight is 400 g/mol. The number of nitrogens with one attached hydrogen (secondary N) is 1. The highest BCUT2D eigenvalue weighted by molar-refractivity contribution is 6.01. The number of aryl methyl sites for hydroxylation is 1. The molecule has 0 amide bonds. The van der Waals surface area contributed by atoms with E-state index < -0.39 is 0 Å². The number of nitrogens with zero attached hydrogens (tertiary/aromatic N) is 1. The van der Waals surface area contributed by atoms with Gasteiger partial charge in [-0.25, -0.2) is 0 Å². The van der Waals surface area contributed by atoms with Crippen molar-refractivity contribution in [1.29, 1.82) is 0 Å². The smallest absolute Gasteiger partial charge is 0.233 e. The molecule has 0 fully saturated rings.